The molecule has 0 aliphatic carbocycles. The van der Waals surface area contributed by atoms with Crippen molar-refractivity contribution in [3.05, 3.63) is 130 Å². The number of para-hydroxylation sites is 1. The molecule has 5 aromatic rings. The summed E-state index contributed by atoms with van der Waals surface area (Å²) in [6, 6.07) is 31.5. The summed E-state index contributed by atoms with van der Waals surface area (Å²) in [6.07, 6.45) is 1.49. The van der Waals surface area contributed by atoms with Crippen LogP contribution in [0.2, 0.25) is 10.0 Å². The van der Waals surface area contributed by atoms with Crippen LogP contribution in [0, 0.1) is 5.41 Å². The van der Waals surface area contributed by atoms with Gasteiger partial charge in [0.05, 0.1) is 39.5 Å². The van der Waals surface area contributed by atoms with E-state index in [2.05, 4.69) is 74.6 Å². The number of nitrogens with one attached hydrogen (secondary N) is 1. The molecule has 0 bridgehead atoms. The van der Waals surface area contributed by atoms with Crippen LogP contribution in [-0.2, 0) is 15.8 Å². The molecule has 5 nitrogen and oxygen atoms in total. The van der Waals surface area contributed by atoms with E-state index in [9.17, 15) is 4.79 Å². The Morgan fingerprint density at radius 3 is 2.00 bits per heavy atom. The van der Waals surface area contributed by atoms with Gasteiger partial charge in [-0.1, -0.05) is 123 Å². The van der Waals surface area contributed by atoms with E-state index in [4.69, 9.17) is 37.3 Å². The van der Waals surface area contributed by atoms with Gasteiger partial charge in [-0.25, -0.2) is 0 Å². The van der Waals surface area contributed by atoms with Gasteiger partial charge in [-0.15, -0.1) is 0 Å². The van der Waals surface area contributed by atoms with Crippen molar-refractivity contribution in [2.24, 2.45) is 5.41 Å². The number of pyridine rings is 1. The predicted molar refractivity (Wildman–Crippen MR) is 178 cm³/mol. The van der Waals surface area contributed by atoms with E-state index in [1.807, 2.05) is 36.5 Å². The molecule has 0 saturated carbocycles. The highest BCUT2D eigenvalue weighted by Crippen LogP contribution is 2.42. The Labute approximate surface area is 264 Å². The molecule has 0 aliphatic heterocycles. The first-order valence-corrected chi connectivity index (χ1v) is 16.1. The quantitative estimate of drug-likeness (QED) is 0.169. The van der Waals surface area contributed by atoms with E-state index in [0.717, 1.165) is 26.9 Å². The average molecular weight is 629 g/mol. The van der Waals surface area contributed by atoms with E-state index < -0.39 is 14.9 Å². The lowest BCUT2D eigenvalue weighted by molar-refractivity contribution is 0.0874. The first kappa shape index (κ1) is 30.9. The maximum absolute atomic E-state index is 13.4. The summed E-state index contributed by atoms with van der Waals surface area (Å²) in [5.74, 6) is -0.408. The zero-order valence-corrected chi connectivity index (χ0v) is 27.0. The number of hydrogen-bond donors (Lipinski definition) is 1. The fourth-order valence-electron chi connectivity index (χ4n) is 5.13. The molecule has 0 fully saturated rings. The van der Waals surface area contributed by atoms with E-state index in [1.54, 1.807) is 25.3 Å². The van der Waals surface area contributed by atoms with Crippen LogP contribution >= 0.6 is 23.2 Å². The Hall–Kier alpha value is -3.52. The highest BCUT2D eigenvalue weighted by molar-refractivity contribution is 6.80. The molecule has 5 rings (SSSR count). The SMILES string of the molecule is COCc1cnc2c(NC(=O)c3c(Cl)cccc3Cl)cccc2c1C(O[Si](c1ccccc1)c1ccccc1)C(C)(C)C. The van der Waals surface area contributed by atoms with Gasteiger partial charge in [-0.2, -0.15) is 0 Å². The number of benzene rings is 4. The third-order valence-corrected chi connectivity index (χ3v) is 9.93. The molecular weight excluding hydrogens is 595 g/mol. The largest absolute Gasteiger partial charge is 0.400 e. The third kappa shape index (κ3) is 6.85. The van der Waals surface area contributed by atoms with Crippen molar-refractivity contribution in [3.63, 3.8) is 0 Å². The highest BCUT2D eigenvalue weighted by atomic mass is 35.5. The van der Waals surface area contributed by atoms with Gasteiger partial charge in [0, 0.05) is 24.3 Å². The number of amides is 1. The normalized spacial score (nSPS) is 12.4. The van der Waals surface area contributed by atoms with E-state index in [1.165, 1.54) is 0 Å². The van der Waals surface area contributed by atoms with Crippen molar-refractivity contribution in [1.29, 1.82) is 0 Å². The minimum atomic E-state index is -1.66. The molecule has 1 amide bonds. The summed E-state index contributed by atoms with van der Waals surface area (Å²) < 4.78 is 12.9. The predicted octanol–water partition coefficient (Wildman–Crippen LogP) is 7.85. The first-order valence-electron chi connectivity index (χ1n) is 14.0. The van der Waals surface area contributed by atoms with Crippen molar-refractivity contribution >= 4 is 65.1 Å². The first-order chi connectivity index (χ1) is 20.7. The Bertz CT molecular complexity index is 1670. The maximum Gasteiger partial charge on any atom is 0.283 e. The minimum absolute atomic E-state index is 0.216. The molecule has 0 saturated heterocycles. The van der Waals surface area contributed by atoms with Gasteiger partial charge in [0.1, 0.15) is 0 Å². The fraction of sp³-hybridized carbons (Fsp3) is 0.200. The average Bonchev–Trinajstić information content (AvgIpc) is 2.98. The van der Waals surface area contributed by atoms with Crippen LogP contribution < -0.4 is 15.7 Å². The Morgan fingerprint density at radius 2 is 1.44 bits per heavy atom. The lowest BCUT2D eigenvalue weighted by Gasteiger charge is -2.36. The molecule has 219 valence electrons. The van der Waals surface area contributed by atoms with Crippen molar-refractivity contribution in [3.8, 4) is 0 Å². The lowest BCUT2D eigenvalue weighted by Crippen LogP contribution is -2.47. The number of nitrogens with zero attached hydrogens (tertiary/aromatic N) is 1. The van der Waals surface area contributed by atoms with Gasteiger partial charge in [0.15, 0.2) is 0 Å². The van der Waals surface area contributed by atoms with E-state index in [0.29, 0.717) is 17.8 Å². The van der Waals surface area contributed by atoms with E-state index in [-0.39, 0.29) is 27.1 Å². The second-order valence-corrected chi connectivity index (χ2v) is 14.2. The molecule has 0 spiro atoms. The Morgan fingerprint density at radius 1 is 0.860 bits per heavy atom. The van der Waals surface area contributed by atoms with Crippen molar-refractivity contribution in [2.45, 2.75) is 33.5 Å². The number of fused-ring (bicyclic) bond motifs is 1. The number of aromatic nitrogens is 1. The van der Waals surface area contributed by atoms with Crippen molar-refractivity contribution in [2.75, 3.05) is 12.4 Å². The van der Waals surface area contributed by atoms with Crippen LogP contribution in [0.15, 0.2) is 103 Å². The molecule has 0 aliphatic rings. The van der Waals surface area contributed by atoms with Gasteiger partial charge in [-0.3, -0.25) is 9.78 Å². The Kier molecular flexibility index (Phi) is 9.64. The second kappa shape index (κ2) is 13.4. The standard InChI is InChI=1S/C35H33Cl2N2O3Si/c1-35(2,3)33(42-43(24-13-7-5-8-14-24)25-15-9-6-10-16-25)30-23(22-41-4)21-38-32-26(30)17-11-20-29(32)39-34(40)31-27(36)18-12-19-28(31)37/h5-21,33H,22H2,1-4H3,(H,39,40). The summed E-state index contributed by atoms with van der Waals surface area (Å²) >= 11 is 12.7. The molecule has 1 radical (unpaired) electrons. The molecule has 1 N–H and O–H groups in total. The zero-order valence-electron chi connectivity index (χ0n) is 24.5. The number of anilines is 1. The lowest BCUT2D eigenvalue weighted by atomic mass is 9.82. The van der Waals surface area contributed by atoms with Crippen LogP contribution in [0.1, 0.15) is 48.4 Å². The summed E-state index contributed by atoms with van der Waals surface area (Å²) in [6.45, 7) is 6.90. The summed E-state index contributed by atoms with van der Waals surface area (Å²) in [5, 5.41) is 6.74. The van der Waals surface area contributed by atoms with Gasteiger partial charge in [0.2, 0.25) is 0 Å². The van der Waals surface area contributed by atoms with Gasteiger partial charge in [0.25, 0.3) is 14.9 Å². The van der Waals surface area contributed by atoms with Crippen LogP contribution in [-0.4, -0.2) is 27.0 Å². The van der Waals surface area contributed by atoms with Crippen LogP contribution in [0.25, 0.3) is 10.9 Å². The number of halogens is 2. The maximum atomic E-state index is 13.4. The highest BCUT2D eigenvalue weighted by Gasteiger charge is 2.35. The minimum Gasteiger partial charge on any atom is -0.400 e. The Balaban J connectivity index is 1.65. The number of rotatable bonds is 9. The molecule has 8 heteroatoms. The molecule has 4 aromatic carbocycles. The smallest absolute Gasteiger partial charge is 0.283 e. The fourth-order valence-corrected chi connectivity index (χ4v) is 8.01. The molecule has 1 aromatic heterocycles. The summed E-state index contributed by atoms with van der Waals surface area (Å²) in [7, 11) is 0.0136. The molecule has 1 heterocycles. The third-order valence-electron chi connectivity index (χ3n) is 7.12. The number of ether oxygens (including phenoxy) is 1. The molecular formula is C35H33Cl2N2O3Si. The van der Waals surface area contributed by atoms with Crippen molar-refractivity contribution < 1.29 is 14.0 Å². The molecule has 1 unspecified atom stereocenters. The monoisotopic (exact) mass is 627 g/mol. The second-order valence-electron chi connectivity index (χ2n) is 11.3. The van der Waals surface area contributed by atoms with Crippen molar-refractivity contribution in [1.82, 2.24) is 4.98 Å². The number of hydrogen-bond acceptors (Lipinski definition) is 4. The van der Waals surface area contributed by atoms with Gasteiger partial charge < -0.3 is 14.5 Å². The zero-order chi connectivity index (χ0) is 30.6. The number of methoxy groups -OCH3 is 1. The molecule has 1 atom stereocenters. The van der Waals surface area contributed by atoms with Crippen LogP contribution in [0.3, 0.4) is 0 Å². The van der Waals surface area contributed by atoms with E-state index >= 15 is 0 Å². The van der Waals surface area contributed by atoms with Crippen LogP contribution in [0.5, 0.6) is 0 Å². The van der Waals surface area contributed by atoms with Crippen LogP contribution in [0.4, 0.5) is 5.69 Å². The number of carbonyl (C=O) groups is 1. The topological polar surface area (TPSA) is 60.5 Å². The molecule has 43 heavy (non-hydrogen) atoms. The summed E-state index contributed by atoms with van der Waals surface area (Å²) in [5.41, 5.74) is 3.01. The summed E-state index contributed by atoms with van der Waals surface area (Å²) in [4.78, 5) is 18.2. The van der Waals surface area contributed by atoms with Gasteiger partial charge >= 0.3 is 0 Å². The van der Waals surface area contributed by atoms with Gasteiger partial charge in [-0.05, 0) is 39.6 Å². The number of carbonyl (C=O) groups excluding carboxylic acids is 1.